The molecule has 2 heterocycles. The summed E-state index contributed by atoms with van der Waals surface area (Å²) in [5, 5.41) is 14.1. The highest BCUT2D eigenvalue weighted by Crippen LogP contribution is 2.40. The minimum atomic E-state index is -0.683. The van der Waals surface area contributed by atoms with Crippen molar-refractivity contribution in [2.75, 3.05) is 0 Å². The van der Waals surface area contributed by atoms with Gasteiger partial charge in [0.2, 0.25) is 0 Å². The quantitative estimate of drug-likeness (QED) is 0.192. The second-order valence-electron chi connectivity index (χ2n) is 11.9. The van der Waals surface area contributed by atoms with E-state index >= 15 is 8.78 Å². The summed E-state index contributed by atoms with van der Waals surface area (Å²) >= 11 is 0. The molecule has 0 radical (unpaired) electrons. The molecule has 2 aromatic heterocycles. The Morgan fingerprint density at radius 2 is 1.02 bits per heavy atom. The first-order valence-electron chi connectivity index (χ1n) is 15.7. The topological polar surface area (TPSA) is 33.6 Å². The normalized spacial score (nSPS) is 11.5. The Morgan fingerprint density at radius 3 is 1.69 bits per heavy atom. The van der Waals surface area contributed by atoms with Crippen LogP contribution in [-0.4, -0.2) is 9.13 Å². The van der Waals surface area contributed by atoms with Crippen LogP contribution in [0.3, 0.4) is 0 Å². The molecule has 0 aliphatic heterocycles. The smallest absolute Gasteiger partial charge is 0.134 e. The van der Waals surface area contributed by atoms with E-state index in [0.29, 0.717) is 16.8 Å². The van der Waals surface area contributed by atoms with E-state index in [4.69, 9.17) is 0 Å². The van der Waals surface area contributed by atoms with Crippen molar-refractivity contribution >= 4 is 43.6 Å². The number of nitriles is 1. The van der Waals surface area contributed by atoms with Crippen LogP contribution in [0.1, 0.15) is 5.56 Å². The standard InChI is InChI=1S/C43H25F2N3/c44-36-14-8-15-37(45)43(36)35-23-27(26-46)19-21-42(35)48-40-18-6-3-13-33(40)34-25-29(20-22-41(34)48)28-9-7-10-30(24-28)47-38-16-4-1-11-31(38)32-12-2-5-17-39(32)47/h1-25H. The molecule has 0 saturated carbocycles. The minimum absolute atomic E-state index is 0.158. The van der Waals surface area contributed by atoms with Gasteiger partial charge < -0.3 is 9.13 Å². The van der Waals surface area contributed by atoms with Crippen molar-refractivity contribution < 1.29 is 8.78 Å². The van der Waals surface area contributed by atoms with Crippen LogP contribution in [-0.2, 0) is 0 Å². The van der Waals surface area contributed by atoms with Crippen LogP contribution < -0.4 is 0 Å². The molecular weight excluding hydrogens is 596 g/mol. The van der Waals surface area contributed by atoms with Gasteiger partial charge in [0.15, 0.2) is 0 Å². The lowest BCUT2D eigenvalue weighted by atomic mass is 9.99. The molecule has 0 saturated heterocycles. The average Bonchev–Trinajstić information content (AvgIpc) is 3.64. The van der Waals surface area contributed by atoms with Gasteiger partial charge in [0.25, 0.3) is 0 Å². The molecule has 48 heavy (non-hydrogen) atoms. The lowest BCUT2D eigenvalue weighted by molar-refractivity contribution is 0.589. The third-order valence-corrected chi connectivity index (χ3v) is 9.29. The number of para-hydroxylation sites is 3. The van der Waals surface area contributed by atoms with Crippen LogP contribution in [0.15, 0.2) is 152 Å². The number of hydrogen-bond donors (Lipinski definition) is 0. The lowest BCUT2D eigenvalue weighted by Crippen LogP contribution is -2.00. The van der Waals surface area contributed by atoms with Gasteiger partial charge in [-0.2, -0.15) is 5.26 Å². The van der Waals surface area contributed by atoms with Crippen LogP contribution in [0.25, 0.3) is 77.2 Å². The van der Waals surface area contributed by atoms with E-state index in [1.165, 1.54) is 29.0 Å². The van der Waals surface area contributed by atoms with Gasteiger partial charge >= 0.3 is 0 Å². The molecule has 9 rings (SSSR count). The summed E-state index contributed by atoms with van der Waals surface area (Å²) in [5.41, 5.74) is 8.35. The van der Waals surface area contributed by atoms with Gasteiger partial charge in [0.1, 0.15) is 11.6 Å². The molecule has 0 amide bonds. The predicted molar refractivity (Wildman–Crippen MR) is 191 cm³/mol. The summed E-state index contributed by atoms with van der Waals surface area (Å²) in [4.78, 5) is 0. The van der Waals surface area contributed by atoms with E-state index in [1.54, 1.807) is 18.2 Å². The van der Waals surface area contributed by atoms with Gasteiger partial charge in [-0.3, -0.25) is 0 Å². The molecule has 9 aromatic rings. The molecule has 5 heteroatoms. The summed E-state index contributed by atoms with van der Waals surface area (Å²) in [6, 6.07) is 50.9. The summed E-state index contributed by atoms with van der Waals surface area (Å²) in [7, 11) is 0. The highest BCUT2D eigenvalue weighted by Gasteiger charge is 2.21. The monoisotopic (exact) mass is 621 g/mol. The first kappa shape index (κ1) is 27.8. The van der Waals surface area contributed by atoms with Crippen molar-refractivity contribution in [2.45, 2.75) is 0 Å². The van der Waals surface area contributed by atoms with Crippen molar-refractivity contribution in [2.24, 2.45) is 0 Å². The van der Waals surface area contributed by atoms with Crippen LogP contribution in [0.2, 0.25) is 0 Å². The highest BCUT2D eigenvalue weighted by molar-refractivity contribution is 6.11. The molecule has 0 aliphatic carbocycles. The van der Waals surface area contributed by atoms with Crippen LogP contribution >= 0.6 is 0 Å². The molecule has 226 valence electrons. The van der Waals surface area contributed by atoms with Crippen LogP contribution in [0, 0.1) is 23.0 Å². The van der Waals surface area contributed by atoms with E-state index in [-0.39, 0.29) is 5.56 Å². The summed E-state index contributed by atoms with van der Waals surface area (Å²) in [6.07, 6.45) is 0. The van der Waals surface area contributed by atoms with Crippen molar-refractivity contribution in [1.82, 2.24) is 9.13 Å². The fourth-order valence-corrected chi connectivity index (χ4v) is 7.19. The summed E-state index contributed by atoms with van der Waals surface area (Å²) in [5.74, 6) is -1.37. The Labute approximate surface area is 274 Å². The van der Waals surface area contributed by atoms with Crippen molar-refractivity contribution in [3.63, 3.8) is 0 Å². The number of benzene rings is 7. The Morgan fingerprint density at radius 1 is 0.458 bits per heavy atom. The predicted octanol–water partition coefficient (Wildman–Crippen LogP) is 11.4. The maximum Gasteiger partial charge on any atom is 0.134 e. The van der Waals surface area contributed by atoms with Crippen molar-refractivity contribution in [1.29, 1.82) is 5.26 Å². The second kappa shape index (κ2) is 10.8. The Kier molecular flexibility index (Phi) is 6.24. The molecule has 0 unspecified atom stereocenters. The SMILES string of the molecule is N#Cc1ccc(-n2c3ccccc3c3cc(-c4cccc(-n5c6ccccc6c6ccccc65)c4)ccc32)c(-c2c(F)cccc2F)c1. The molecule has 0 bridgehead atoms. The number of nitrogens with zero attached hydrogens (tertiary/aromatic N) is 3. The molecule has 0 spiro atoms. The van der Waals surface area contributed by atoms with E-state index in [0.717, 1.165) is 49.7 Å². The Balaban J connectivity index is 1.25. The molecule has 3 nitrogen and oxygen atoms in total. The van der Waals surface area contributed by atoms with E-state index in [1.807, 2.05) is 22.8 Å². The van der Waals surface area contributed by atoms with Gasteiger partial charge in [-0.1, -0.05) is 78.9 Å². The first-order valence-corrected chi connectivity index (χ1v) is 15.7. The molecule has 0 fully saturated rings. The van der Waals surface area contributed by atoms with Crippen LogP contribution in [0.5, 0.6) is 0 Å². The zero-order valence-electron chi connectivity index (χ0n) is 25.5. The number of hydrogen-bond acceptors (Lipinski definition) is 1. The van der Waals surface area contributed by atoms with E-state index in [9.17, 15) is 5.26 Å². The molecule has 0 aliphatic rings. The maximum atomic E-state index is 15.2. The number of fused-ring (bicyclic) bond motifs is 6. The third-order valence-electron chi connectivity index (χ3n) is 9.29. The van der Waals surface area contributed by atoms with Gasteiger partial charge in [0, 0.05) is 32.8 Å². The zero-order chi connectivity index (χ0) is 32.4. The summed E-state index contributed by atoms with van der Waals surface area (Å²) in [6.45, 7) is 0. The Bertz CT molecular complexity index is 2710. The van der Waals surface area contributed by atoms with Gasteiger partial charge in [-0.15, -0.1) is 0 Å². The lowest BCUT2D eigenvalue weighted by Gasteiger charge is -2.16. The number of aromatic nitrogens is 2. The third kappa shape index (κ3) is 4.17. The van der Waals surface area contributed by atoms with E-state index < -0.39 is 11.6 Å². The largest absolute Gasteiger partial charge is 0.309 e. The number of halogens is 2. The number of rotatable bonds is 4. The minimum Gasteiger partial charge on any atom is -0.309 e. The fraction of sp³-hybridized carbons (Fsp3) is 0. The van der Waals surface area contributed by atoms with Gasteiger partial charge in [0.05, 0.1) is 45.0 Å². The summed E-state index contributed by atoms with van der Waals surface area (Å²) < 4.78 is 34.8. The second-order valence-corrected chi connectivity index (χ2v) is 11.9. The van der Waals surface area contributed by atoms with Crippen LogP contribution in [0.4, 0.5) is 8.78 Å². The highest BCUT2D eigenvalue weighted by atomic mass is 19.1. The molecule has 0 N–H and O–H groups in total. The first-order chi connectivity index (χ1) is 23.6. The van der Waals surface area contributed by atoms with Crippen molar-refractivity contribution in [3.8, 4) is 39.7 Å². The van der Waals surface area contributed by atoms with Gasteiger partial charge in [-0.05, 0) is 83.9 Å². The Hall–Kier alpha value is -6.51. The molecule has 0 atom stereocenters. The average molecular weight is 622 g/mol. The maximum absolute atomic E-state index is 15.2. The molecular formula is C43H25F2N3. The van der Waals surface area contributed by atoms with E-state index in [2.05, 4.69) is 108 Å². The molecule has 7 aromatic carbocycles. The zero-order valence-corrected chi connectivity index (χ0v) is 25.5. The fourth-order valence-electron chi connectivity index (χ4n) is 7.19. The van der Waals surface area contributed by atoms with Gasteiger partial charge in [-0.25, -0.2) is 8.78 Å². The van der Waals surface area contributed by atoms with Crippen molar-refractivity contribution in [3.05, 3.63) is 169 Å².